The minimum Gasteiger partial charge on any atom is -0.393 e. The molecule has 1 fully saturated rings. The summed E-state index contributed by atoms with van der Waals surface area (Å²) in [5, 5.41) is 22.8. The molecule has 0 aliphatic heterocycles. The molecule has 0 saturated heterocycles. The summed E-state index contributed by atoms with van der Waals surface area (Å²) in [5.41, 5.74) is 1.12. The molecule has 2 rings (SSSR count). The Labute approximate surface area is 127 Å². The highest BCUT2D eigenvalue weighted by molar-refractivity contribution is 5.13. The van der Waals surface area contributed by atoms with E-state index in [0.717, 1.165) is 31.4 Å². The number of ether oxygens (including phenoxy) is 1. The van der Waals surface area contributed by atoms with Crippen LogP contribution in [0.2, 0.25) is 0 Å². The highest BCUT2D eigenvalue weighted by Crippen LogP contribution is 2.23. The first-order chi connectivity index (χ1) is 10.2. The molecular weight excluding hydrogens is 266 g/mol. The van der Waals surface area contributed by atoms with E-state index in [0.29, 0.717) is 25.7 Å². The summed E-state index contributed by atoms with van der Waals surface area (Å²) in [6.45, 7) is 2.29. The van der Waals surface area contributed by atoms with Crippen LogP contribution in [0.4, 0.5) is 0 Å². The third-order valence-electron chi connectivity index (χ3n) is 3.99. The Morgan fingerprint density at radius 1 is 1.24 bits per heavy atom. The molecule has 21 heavy (non-hydrogen) atoms. The van der Waals surface area contributed by atoms with Gasteiger partial charge in [-0.15, -0.1) is 0 Å². The first-order valence-corrected chi connectivity index (χ1v) is 7.92. The predicted octanol–water partition coefficient (Wildman–Crippen LogP) is 1.70. The first-order valence-electron chi connectivity index (χ1n) is 7.92. The fourth-order valence-corrected chi connectivity index (χ4v) is 2.85. The third-order valence-corrected chi connectivity index (χ3v) is 3.99. The molecule has 0 aromatic heterocycles. The molecule has 0 spiro atoms. The minimum absolute atomic E-state index is 0.135. The molecular formula is C17H27NO3. The van der Waals surface area contributed by atoms with E-state index < -0.39 is 6.10 Å². The van der Waals surface area contributed by atoms with Crippen LogP contribution in [0, 0.1) is 5.92 Å². The lowest BCUT2D eigenvalue weighted by atomic mass is 9.87. The standard InChI is InChI=1S/C17H27NO3/c19-16-8-4-7-15(9-16)10-18-11-17(20)13-21-12-14-5-2-1-3-6-14/h1-3,5-6,15-20H,4,7-13H2. The van der Waals surface area contributed by atoms with E-state index in [-0.39, 0.29) is 6.10 Å². The molecule has 118 valence electrons. The van der Waals surface area contributed by atoms with Crippen LogP contribution < -0.4 is 5.32 Å². The Balaban J connectivity index is 1.52. The van der Waals surface area contributed by atoms with Gasteiger partial charge in [0.1, 0.15) is 0 Å². The minimum atomic E-state index is -0.484. The predicted molar refractivity (Wildman–Crippen MR) is 82.9 cm³/mol. The molecule has 1 aromatic rings. The van der Waals surface area contributed by atoms with E-state index in [9.17, 15) is 10.2 Å². The summed E-state index contributed by atoms with van der Waals surface area (Å²) >= 11 is 0. The zero-order chi connectivity index (χ0) is 14.9. The van der Waals surface area contributed by atoms with Crippen molar-refractivity contribution in [1.29, 1.82) is 0 Å². The summed E-state index contributed by atoms with van der Waals surface area (Å²) in [6, 6.07) is 9.97. The van der Waals surface area contributed by atoms with Crippen LogP contribution in [-0.4, -0.2) is 42.1 Å². The largest absolute Gasteiger partial charge is 0.393 e. The monoisotopic (exact) mass is 293 g/mol. The van der Waals surface area contributed by atoms with Gasteiger partial charge in [0.25, 0.3) is 0 Å². The number of rotatable bonds is 8. The number of hydrogen-bond donors (Lipinski definition) is 3. The van der Waals surface area contributed by atoms with Gasteiger partial charge in [0.2, 0.25) is 0 Å². The summed E-state index contributed by atoms with van der Waals surface area (Å²) in [7, 11) is 0. The van der Waals surface area contributed by atoms with Gasteiger partial charge in [0, 0.05) is 6.54 Å². The molecule has 4 nitrogen and oxygen atoms in total. The summed E-state index contributed by atoms with van der Waals surface area (Å²) in [6.07, 6.45) is 3.48. The highest BCUT2D eigenvalue weighted by atomic mass is 16.5. The number of aliphatic hydroxyl groups excluding tert-OH is 2. The molecule has 1 aliphatic carbocycles. The van der Waals surface area contributed by atoms with Gasteiger partial charge >= 0.3 is 0 Å². The zero-order valence-corrected chi connectivity index (χ0v) is 12.6. The normalized spacial score (nSPS) is 23.9. The van der Waals surface area contributed by atoms with E-state index in [1.165, 1.54) is 6.42 Å². The molecule has 0 heterocycles. The van der Waals surface area contributed by atoms with Crippen LogP contribution in [0.15, 0.2) is 30.3 Å². The van der Waals surface area contributed by atoms with Crippen molar-refractivity contribution in [3.05, 3.63) is 35.9 Å². The van der Waals surface area contributed by atoms with Gasteiger partial charge in [0.05, 0.1) is 25.4 Å². The summed E-state index contributed by atoms with van der Waals surface area (Å²) < 4.78 is 5.51. The Hall–Kier alpha value is -0.940. The lowest BCUT2D eigenvalue weighted by Crippen LogP contribution is -2.35. The maximum atomic E-state index is 9.87. The highest BCUT2D eigenvalue weighted by Gasteiger charge is 2.19. The number of hydrogen-bond acceptors (Lipinski definition) is 4. The van der Waals surface area contributed by atoms with Crippen molar-refractivity contribution in [2.75, 3.05) is 19.7 Å². The van der Waals surface area contributed by atoms with E-state index in [4.69, 9.17) is 4.74 Å². The second-order valence-electron chi connectivity index (χ2n) is 6.00. The average Bonchev–Trinajstić information content (AvgIpc) is 2.48. The molecule has 1 aliphatic rings. The second-order valence-corrected chi connectivity index (χ2v) is 6.00. The average molecular weight is 293 g/mol. The first kappa shape index (κ1) is 16.4. The lowest BCUT2D eigenvalue weighted by molar-refractivity contribution is 0.0276. The van der Waals surface area contributed by atoms with Gasteiger partial charge in [0.15, 0.2) is 0 Å². The van der Waals surface area contributed by atoms with E-state index in [1.807, 2.05) is 30.3 Å². The number of benzene rings is 1. The molecule has 3 atom stereocenters. The van der Waals surface area contributed by atoms with Crippen LogP contribution in [0.5, 0.6) is 0 Å². The Bertz CT molecular complexity index is 385. The summed E-state index contributed by atoms with van der Waals surface area (Å²) in [4.78, 5) is 0. The van der Waals surface area contributed by atoms with Crippen molar-refractivity contribution in [2.24, 2.45) is 5.92 Å². The quantitative estimate of drug-likeness (QED) is 0.683. The SMILES string of the molecule is OC(CNCC1CCCC(O)C1)COCc1ccccc1. The van der Waals surface area contributed by atoms with E-state index >= 15 is 0 Å². The Morgan fingerprint density at radius 3 is 2.81 bits per heavy atom. The second kappa shape index (κ2) is 9.15. The van der Waals surface area contributed by atoms with Crippen LogP contribution in [0.25, 0.3) is 0 Å². The molecule has 3 unspecified atom stereocenters. The molecule has 0 bridgehead atoms. The van der Waals surface area contributed by atoms with Crippen molar-refractivity contribution >= 4 is 0 Å². The van der Waals surface area contributed by atoms with Crippen LogP contribution >= 0.6 is 0 Å². The van der Waals surface area contributed by atoms with Gasteiger partial charge in [-0.1, -0.05) is 36.8 Å². The van der Waals surface area contributed by atoms with Crippen LogP contribution in [0.1, 0.15) is 31.2 Å². The number of nitrogens with one attached hydrogen (secondary N) is 1. The van der Waals surface area contributed by atoms with Gasteiger partial charge in [-0.2, -0.15) is 0 Å². The van der Waals surface area contributed by atoms with Crippen molar-refractivity contribution in [2.45, 2.75) is 44.5 Å². The number of aliphatic hydroxyl groups is 2. The van der Waals surface area contributed by atoms with Crippen LogP contribution in [0.3, 0.4) is 0 Å². The summed E-state index contributed by atoms with van der Waals surface area (Å²) in [5.74, 6) is 0.534. The van der Waals surface area contributed by atoms with Gasteiger partial charge < -0.3 is 20.3 Å². The molecule has 4 heteroatoms. The molecule has 1 saturated carbocycles. The fourth-order valence-electron chi connectivity index (χ4n) is 2.85. The van der Waals surface area contributed by atoms with Crippen molar-refractivity contribution < 1.29 is 14.9 Å². The molecule has 0 radical (unpaired) electrons. The zero-order valence-electron chi connectivity index (χ0n) is 12.6. The lowest BCUT2D eigenvalue weighted by Gasteiger charge is -2.26. The fraction of sp³-hybridized carbons (Fsp3) is 0.647. The molecule has 1 aromatic carbocycles. The third kappa shape index (κ3) is 6.57. The van der Waals surface area contributed by atoms with Gasteiger partial charge in [-0.05, 0) is 37.3 Å². The maximum absolute atomic E-state index is 9.87. The molecule has 0 amide bonds. The maximum Gasteiger partial charge on any atom is 0.0897 e. The Kier molecular flexibility index (Phi) is 7.16. The molecule has 3 N–H and O–H groups in total. The smallest absolute Gasteiger partial charge is 0.0897 e. The van der Waals surface area contributed by atoms with Crippen molar-refractivity contribution in [3.63, 3.8) is 0 Å². The topological polar surface area (TPSA) is 61.7 Å². The van der Waals surface area contributed by atoms with Crippen molar-refractivity contribution in [1.82, 2.24) is 5.32 Å². The van der Waals surface area contributed by atoms with Crippen LogP contribution in [-0.2, 0) is 11.3 Å². The van der Waals surface area contributed by atoms with E-state index in [1.54, 1.807) is 0 Å². The van der Waals surface area contributed by atoms with E-state index in [2.05, 4.69) is 5.32 Å². The van der Waals surface area contributed by atoms with Crippen molar-refractivity contribution in [3.8, 4) is 0 Å². The van der Waals surface area contributed by atoms with Gasteiger partial charge in [-0.25, -0.2) is 0 Å². The Morgan fingerprint density at radius 2 is 2.05 bits per heavy atom. The van der Waals surface area contributed by atoms with Gasteiger partial charge in [-0.3, -0.25) is 0 Å².